The minimum absolute atomic E-state index is 0.445. The summed E-state index contributed by atoms with van der Waals surface area (Å²) in [7, 11) is 3.93. The molecule has 0 aliphatic heterocycles. The number of aromatic nitrogens is 1. The first-order valence-corrected chi connectivity index (χ1v) is 5.86. The van der Waals surface area contributed by atoms with E-state index >= 15 is 0 Å². The lowest BCUT2D eigenvalue weighted by molar-refractivity contribution is 0.465. The number of anilines is 1. The first-order chi connectivity index (χ1) is 7.54. The van der Waals surface area contributed by atoms with Crippen molar-refractivity contribution in [2.75, 3.05) is 19.0 Å². The summed E-state index contributed by atoms with van der Waals surface area (Å²) in [5.41, 5.74) is 0.945. The second kappa shape index (κ2) is 5.89. The molecule has 1 heterocycles. The molecule has 1 unspecified atom stereocenters. The molecule has 0 bridgehead atoms. The molecule has 4 nitrogen and oxygen atoms in total. The zero-order valence-corrected chi connectivity index (χ0v) is 10.9. The molecule has 92 valence electrons. The molecule has 1 rings (SSSR count). The summed E-state index contributed by atoms with van der Waals surface area (Å²) < 4.78 is 5.46. The molecule has 0 aliphatic carbocycles. The predicted molar refractivity (Wildman–Crippen MR) is 66.6 cm³/mol. The molecule has 0 amide bonds. The molecule has 1 aromatic rings. The predicted octanol–water partition coefficient (Wildman–Crippen LogP) is 2.26. The maximum atomic E-state index is 5.46. The van der Waals surface area contributed by atoms with Crippen molar-refractivity contribution in [1.82, 2.24) is 10.3 Å². The Hall–Kier alpha value is -1.03. The number of nitrogens with one attached hydrogen (secondary N) is 1. The van der Waals surface area contributed by atoms with Gasteiger partial charge in [-0.3, -0.25) is 0 Å². The summed E-state index contributed by atoms with van der Waals surface area (Å²) >= 11 is 0. The van der Waals surface area contributed by atoms with E-state index in [1.165, 1.54) is 0 Å². The quantitative estimate of drug-likeness (QED) is 0.806. The van der Waals surface area contributed by atoms with Gasteiger partial charge >= 0.3 is 0 Å². The van der Waals surface area contributed by atoms with Gasteiger partial charge in [0, 0.05) is 19.6 Å². The zero-order valence-electron chi connectivity index (χ0n) is 10.9. The van der Waals surface area contributed by atoms with Gasteiger partial charge in [-0.2, -0.15) is 4.98 Å². The molecule has 16 heavy (non-hydrogen) atoms. The lowest BCUT2D eigenvalue weighted by Crippen LogP contribution is -2.30. The van der Waals surface area contributed by atoms with Crippen molar-refractivity contribution >= 4 is 6.01 Å². The topological polar surface area (TPSA) is 41.3 Å². The monoisotopic (exact) mass is 225 g/mol. The van der Waals surface area contributed by atoms with Crippen LogP contribution >= 0.6 is 0 Å². The van der Waals surface area contributed by atoms with Crippen molar-refractivity contribution in [3.05, 3.63) is 12.0 Å². The Kier molecular flexibility index (Phi) is 4.80. The summed E-state index contributed by atoms with van der Waals surface area (Å²) in [5, 5.41) is 3.06. The Balaban J connectivity index is 2.60. The summed E-state index contributed by atoms with van der Waals surface area (Å²) in [4.78, 5) is 6.52. The highest BCUT2D eigenvalue weighted by Gasteiger charge is 2.16. The molecule has 4 heteroatoms. The number of hydrogen-bond acceptors (Lipinski definition) is 4. The van der Waals surface area contributed by atoms with Gasteiger partial charge in [-0.1, -0.05) is 13.8 Å². The van der Waals surface area contributed by atoms with Crippen LogP contribution in [-0.4, -0.2) is 25.1 Å². The van der Waals surface area contributed by atoms with Gasteiger partial charge in [-0.05, 0) is 26.3 Å². The standard InChI is InChI=1S/C12H23N3O/c1-9(2)6-10(3)15(5)12-14-11(7-13-4)8-16-12/h8-10,13H,6-7H2,1-5H3. The number of oxazole rings is 1. The highest BCUT2D eigenvalue weighted by molar-refractivity contribution is 5.26. The Morgan fingerprint density at radius 1 is 1.44 bits per heavy atom. The summed E-state index contributed by atoms with van der Waals surface area (Å²) in [6, 6.07) is 1.15. The Morgan fingerprint density at radius 2 is 2.12 bits per heavy atom. The van der Waals surface area contributed by atoms with E-state index in [9.17, 15) is 0 Å². The van der Waals surface area contributed by atoms with Gasteiger partial charge in [0.05, 0.1) is 5.69 Å². The van der Waals surface area contributed by atoms with E-state index in [1.54, 1.807) is 6.26 Å². The minimum atomic E-state index is 0.445. The third kappa shape index (κ3) is 3.52. The third-order valence-corrected chi connectivity index (χ3v) is 2.67. The van der Waals surface area contributed by atoms with E-state index in [2.05, 4.69) is 36.0 Å². The van der Waals surface area contributed by atoms with Crippen LogP contribution in [0.25, 0.3) is 0 Å². The Bertz CT molecular complexity index is 309. The van der Waals surface area contributed by atoms with Crippen LogP contribution in [0.5, 0.6) is 0 Å². The van der Waals surface area contributed by atoms with E-state index in [0.29, 0.717) is 18.0 Å². The molecule has 0 saturated carbocycles. The zero-order chi connectivity index (χ0) is 12.1. The number of nitrogens with zero attached hydrogens (tertiary/aromatic N) is 2. The Morgan fingerprint density at radius 3 is 2.69 bits per heavy atom. The van der Waals surface area contributed by atoms with Crippen molar-refractivity contribution in [3.8, 4) is 0 Å². The van der Waals surface area contributed by atoms with Crippen LogP contribution in [0.15, 0.2) is 10.7 Å². The highest BCUT2D eigenvalue weighted by Crippen LogP contribution is 2.18. The molecular formula is C12H23N3O. The third-order valence-electron chi connectivity index (χ3n) is 2.67. The summed E-state index contributed by atoms with van der Waals surface area (Å²) in [5.74, 6) is 0.684. The fourth-order valence-corrected chi connectivity index (χ4v) is 1.75. The van der Waals surface area contributed by atoms with Crippen molar-refractivity contribution in [3.63, 3.8) is 0 Å². The van der Waals surface area contributed by atoms with E-state index < -0.39 is 0 Å². The SMILES string of the molecule is CNCc1coc(N(C)C(C)CC(C)C)n1. The maximum absolute atomic E-state index is 5.46. The molecule has 0 radical (unpaired) electrons. The van der Waals surface area contributed by atoms with Gasteiger partial charge in [-0.25, -0.2) is 0 Å². The van der Waals surface area contributed by atoms with Crippen molar-refractivity contribution < 1.29 is 4.42 Å². The molecule has 0 aromatic carbocycles. The average molecular weight is 225 g/mol. The first kappa shape index (κ1) is 13.0. The van der Waals surface area contributed by atoms with Crippen LogP contribution in [0.3, 0.4) is 0 Å². The van der Waals surface area contributed by atoms with Gasteiger partial charge in [-0.15, -0.1) is 0 Å². The van der Waals surface area contributed by atoms with Crippen molar-refractivity contribution in [1.29, 1.82) is 0 Å². The van der Waals surface area contributed by atoms with E-state index in [1.807, 2.05) is 14.1 Å². The highest BCUT2D eigenvalue weighted by atomic mass is 16.4. The summed E-state index contributed by atoms with van der Waals surface area (Å²) in [6.07, 6.45) is 2.85. The number of rotatable bonds is 6. The van der Waals surface area contributed by atoms with Crippen LogP contribution in [0.2, 0.25) is 0 Å². The summed E-state index contributed by atoms with van der Waals surface area (Å²) in [6.45, 7) is 7.40. The second-order valence-corrected chi connectivity index (χ2v) is 4.74. The van der Waals surface area contributed by atoms with E-state index in [-0.39, 0.29) is 0 Å². The maximum Gasteiger partial charge on any atom is 0.297 e. The second-order valence-electron chi connectivity index (χ2n) is 4.74. The largest absolute Gasteiger partial charge is 0.432 e. The molecule has 1 aromatic heterocycles. The van der Waals surface area contributed by atoms with Gasteiger partial charge in [0.25, 0.3) is 6.01 Å². The van der Waals surface area contributed by atoms with E-state index in [0.717, 1.165) is 18.7 Å². The van der Waals surface area contributed by atoms with Gasteiger partial charge in [0.15, 0.2) is 0 Å². The molecule has 0 aliphatic rings. The lowest BCUT2D eigenvalue weighted by atomic mass is 10.0. The fourth-order valence-electron chi connectivity index (χ4n) is 1.75. The van der Waals surface area contributed by atoms with Crippen LogP contribution < -0.4 is 10.2 Å². The van der Waals surface area contributed by atoms with Crippen molar-refractivity contribution in [2.45, 2.75) is 39.8 Å². The van der Waals surface area contributed by atoms with Gasteiger partial charge < -0.3 is 14.6 Å². The van der Waals surface area contributed by atoms with E-state index in [4.69, 9.17) is 4.42 Å². The van der Waals surface area contributed by atoms with Crippen LogP contribution in [0.4, 0.5) is 6.01 Å². The molecule has 1 atom stereocenters. The Labute approximate surface area is 98.0 Å². The van der Waals surface area contributed by atoms with Gasteiger partial charge in [0.1, 0.15) is 6.26 Å². The van der Waals surface area contributed by atoms with Crippen LogP contribution in [0.1, 0.15) is 32.9 Å². The van der Waals surface area contributed by atoms with Crippen LogP contribution in [0, 0.1) is 5.92 Å². The molecule has 0 spiro atoms. The molecular weight excluding hydrogens is 202 g/mol. The average Bonchev–Trinajstić information content (AvgIpc) is 2.64. The normalized spacial score (nSPS) is 13.1. The molecule has 1 N–H and O–H groups in total. The van der Waals surface area contributed by atoms with Gasteiger partial charge in [0.2, 0.25) is 0 Å². The number of hydrogen-bond donors (Lipinski definition) is 1. The van der Waals surface area contributed by atoms with Crippen molar-refractivity contribution in [2.24, 2.45) is 5.92 Å². The minimum Gasteiger partial charge on any atom is -0.432 e. The molecule has 0 saturated heterocycles. The lowest BCUT2D eigenvalue weighted by Gasteiger charge is -2.24. The smallest absolute Gasteiger partial charge is 0.297 e. The molecule has 0 fully saturated rings. The first-order valence-electron chi connectivity index (χ1n) is 5.86. The fraction of sp³-hybridized carbons (Fsp3) is 0.750. The van der Waals surface area contributed by atoms with Crippen LogP contribution in [-0.2, 0) is 6.54 Å².